The smallest absolute Gasteiger partial charge is 0.335 e. The van der Waals surface area contributed by atoms with Crippen molar-refractivity contribution in [2.45, 2.75) is 64.1 Å². The Kier molecular flexibility index (Phi) is 4.88. The van der Waals surface area contributed by atoms with E-state index in [2.05, 4.69) is 23.3 Å². The molecule has 0 radical (unpaired) electrons. The number of nitrogens with zero attached hydrogens (tertiary/aromatic N) is 3. The van der Waals surface area contributed by atoms with Crippen LogP contribution in [0.4, 0.5) is 0 Å². The van der Waals surface area contributed by atoms with Crippen molar-refractivity contribution >= 4 is 17.4 Å². The number of carboxylic acids is 1. The summed E-state index contributed by atoms with van der Waals surface area (Å²) in [6.07, 6.45) is 10.3. The van der Waals surface area contributed by atoms with E-state index in [-0.39, 0.29) is 6.17 Å². The van der Waals surface area contributed by atoms with E-state index in [0.717, 1.165) is 47.5 Å². The van der Waals surface area contributed by atoms with Crippen molar-refractivity contribution in [3.8, 4) is 0 Å². The van der Waals surface area contributed by atoms with Gasteiger partial charge >= 0.3 is 5.97 Å². The first-order valence-electron chi connectivity index (χ1n) is 11.2. The average molecular weight is 407 g/mol. The number of nitrogens with one attached hydrogen (secondary N) is 1. The van der Waals surface area contributed by atoms with Gasteiger partial charge < -0.3 is 10.4 Å². The van der Waals surface area contributed by atoms with E-state index >= 15 is 0 Å². The first kappa shape index (κ1) is 19.3. The first-order chi connectivity index (χ1) is 14.6. The lowest BCUT2D eigenvalue weighted by Gasteiger charge is -2.38. The molecule has 158 valence electrons. The summed E-state index contributed by atoms with van der Waals surface area (Å²) < 4.78 is 0. The maximum Gasteiger partial charge on any atom is 0.335 e. The van der Waals surface area contributed by atoms with Gasteiger partial charge in [0.25, 0.3) is 0 Å². The summed E-state index contributed by atoms with van der Waals surface area (Å²) in [5.41, 5.74) is 5.94. The number of rotatable bonds is 4. The molecule has 0 bridgehead atoms. The van der Waals surface area contributed by atoms with Gasteiger partial charge in [0.05, 0.1) is 28.7 Å². The lowest BCUT2D eigenvalue weighted by molar-refractivity contribution is 0.0696. The molecule has 6 heteroatoms. The Morgan fingerprint density at radius 3 is 2.73 bits per heavy atom. The highest BCUT2D eigenvalue weighted by Gasteiger charge is 2.47. The third-order valence-electron chi connectivity index (χ3n) is 7.37. The SMILES string of the molecule is CNC1=CCC(N2N=C3c4ccc(C(=O)O)cc4CCC3C2C2CCCC2)N=C1C. The summed E-state index contributed by atoms with van der Waals surface area (Å²) in [5.74, 6) is 0.223. The molecule has 1 aromatic rings. The van der Waals surface area contributed by atoms with Gasteiger partial charge in [-0.05, 0) is 56.2 Å². The van der Waals surface area contributed by atoms with Gasteiger partial charge in [-0.2, -0.15) is 5.10 Å². The Morgan fingerprint density at radius 2 is 2.03 bits per heavy atom. The number of hydrogen-bond donors (Lipinski definition) is 2. The predicted octanol–water partition coefficient (Wildman–Crippen LogP) is 3.82. The predicted molar refractivity (Wildman–Crippen MR) is 118 cm³/mol. The molecule has 2 N–H and O–H groups in total. The fourth-order valence-electron chi connectivity index (χ4n) is 5.94. The van der Waals surface area contributed by atoms with Crippen LogP contribution >= 0.6 is 0 Å². The molecule has 4 aliphatic rings. The minimum absolute atomic E-state index is 0.0487. The van der Waals surface area contributed by atoms with Crippen LogP contribution < -0.4 is 5.32 Å². The second-order valence-corrected chi connectivity index (χ2v) is 9.02. The van der Waals surface area contributed by atoms with Crippen LogP contribution in [0.2, 0.25) is 0 Å². The highest BCUT2D eigenvalue weighted by atomic mass is 16.4. The molecule has 3 unspecified atom stereocenters. The van der Waals surface area contributed by atoms with Crippen LogP contribution in [-0.2, 0) is 6.42 Å². The van der Waals surface area contributed by atoms with E-state index in [1.54, 1.807) is 6.07 Å². The lowest BCUT2D eigenvalue weighted by Crippen LogP contribution is -2.45. The van der Waals surface area contributed by atoms with Crippen LogP contribution in [0.3, 0.4) is 0 Å². The molecule has 3 atom stereocenters. The molecule has 0 spiro atoms. The second kappa shape index (κ2) is 7.56. The molecule has 0 aromatic heterocycles. The highest BCUT2D eigenvalue weighted by molar-refractivity contribution is 6.06. The summed E-state index contributed by atoms with van der Waals surface area (Å²) in [4.78, 5) is 16.4. The Labute approximate surface area is 177 Å². The molecular formula is C24H30N4O2. The lowest BCUT2D eigenvalue weighted by atomic mass is 9.74. The van der Waals surface area contributed by atoms with Crippen LogP contribution in [0.25, 0.3) is 0 Å². The first-order valence-corrected chi connectivity index (χ1v) is 11.2. The summed E-state index contributed by atoms with van der Waals surface area (Å²) in [6.45, 7) is 2.07. The summed E-state index contributed by atoms with van der Waals surface area (Å²) in [6, 6.07) is 5.95. The standard InChI is InChI=1S/C24H30N4O2/c1-14-20(25-2)11-12-21(26-14)28-23(15-5-3-4-6-15)19-10-7-16-13-17(24(29)30)8-9-18(16)22(19)27-28/h8-9,11,13,15,19,21,23,25H,3-7,10,12H2,1-2H3,(H,29,30). The minimum Gasteiger partial charge on any atom is -0.478 e. The van der Waals surface area contributed by atoms with Gasteiger partial charge in [-0.1, -0.05) is 25.0 Å². The number of hydrazone groups is 1. The van der Waals surface area contributed by atoms with E-state index in [4.69, 9.17) is 10.1 Å². The van der Waals surface area contributed by atoms with Crippen LogP contribution in [0, 0.1) is 11.8 Å². The maximum atomic E-state index is 11.4. The third-order valence-corrected chi connectivity index (χ3v) is 7.37. The number of hydrogen-bond acceptors (Lipinski definition) is 5. The van der Waals surface area contributed by atoms with Crippen LogP contribution in [0.1, 0.15) is 66.9 Å². The van der Waals surface area contributed by atoms with Crippen molar-refractivity contribution < 1.29 is 9.90 Å². The van der Waals surface area contributed by atoms with Gasteiger partial charge in [-0.15, -0.1) is 0 Å². The maximum absolute atomic E-state index is 11.4. The van der Waals surface area contributed by atoms with Crippen LogP contribution in [-0.4, -0.2) is 46.8 Å². The topological polar surface area (TPSA) is 77.3 Å². The number of allylic oxidation sites excluding steroid dienone is 1. The van der Waals surface area contributed by atoms with Crippen molar-refractivity contribution in [1.29, 1.82) is 0 Å². The van der Waals surface area contributed by atoms with E-state index in [1.165, 1.54) is 25.7 Å². The quantitative estimate of drug-likeness (QED) is 0.797. The van der Waals surface area contributed by atoms with Crippen molar-refractivity contribution in [2.75, 3.05) is 7.05 Å². The van der Waals surface area contributed by atoms with Crippen molar-refractivity contribution in [2.24, 2.45) is 21.9 Å². The normalized spacial score (nSPS) is 28.4. The van der Waals surface area contributed by atoms with Gasteiger partial charge in [-0.25, -0.2) is 4.79 Å². The molecule has 5 rings (SSSR count). The Morgan fingerprint density at radius 1 is 1.23 bits per heavy atom. The minimum atomic E-state index is -0.863. The molecule has 1 aromatic carbocycles. The molecule has 0 saturated heterocycles. The largest absolute Gasteiger partial charge is 0.478 e. The number of fused-ring (bicyclic) bond motifs is 3. The number of dihydropyridines is 1. The third kappa shape index (κ3) is 3.13. The van der Waals surface area contributed by atoms with Gasteiger partial charge in [0, 0.05) is 24.9 Å². The molecule has 0 amide bonds. The monoisotopic (exact) mass is 406 g/mol. The van der Waals surface area contributed by atoms with Crippen molar-refractivity contribution in [3.63, 3.8) is 0 Å². The number of aromatic carboxylic acids is 1. The molecular weight excluding hydrogens is 376 g/mol. The summed E-state index contributed by atoms with van der Waals surface area (Å²) in [7, 11) is 1.94. The fraction of sp³-hybridized carbons (Fsp3) is 0.542. The van der Waals surface area contributed by atoms with E-state index in [0.29, 0.717) is 23.4 Å². The number of aliphatic imine (C=N–C) groups is 1. The number of carboxylic acid groups (broad SMARTS) is 1. The summed E-state index contributed by atoms with van der Waals surface area (Å²) in [5, 5.41) is 20.1. The van der Waals surface area contributed by atoms with Gasteiger partial charge in [0.2, 0.25) is 0 Å². The zero-order chi connectivity index (χ0) is 20.8. The second-order valence-electron chi connectivity index (χ2n) is 9.02. The molecule has 30 heavy (non-hydrogen) atoms. The van der Waals surface area contributed by atoms with E-state index < -0.39 is 5.97 Å². The molecule has 6 nitrogen and oxygen atoms in total. The van der Waals surface area contributed by atoms with Crippen molar-refractivity contribution in [1.82, 2.24) is 10.3 Å². The van der Waals surface area contributed by atoms with Crippen LogP contribution in [0.5, 0.6) is 0 Å². The Bertz CT molecular complexity index is 958. The zero-order valence-electron chi connectivity index (χ0n) is 17.8. The van der Waals surface area contributed by atoms with Gasteiger partial charge in [0.15, 0.2) is 0 Å². The zero-order valence-corrected chi connectivity index (χ0v) is 17.8. The van der Waals surface area contributed by atoms with Crippen LogP contribution in [0.15, 0.2) is 40.1 Å². The van der Waals surface area contributed by atoms with Gasteiger partial charge in [0.1, 0.15) is 6.17 Å². The van der Waals surface area contributed by atoms with Gasteiger partial charge in [-0.3, -0.25) is 10.0 Å². The molecule has 1 fully saturated rings. The molecule has 1 saturated carbocycles. The number of benzene rings is 1. The van der Waals surface area contributed by atoms with E-state index in [9.17, 15) is 9.90 Å². The highest BCUT2D eigenvalue weighted by Crippen LogP contribution is 2.44. The Hall–Kier alpha value is -2.63. The summed E-state index contributed by atoms with van der Waals surface area (Å²) >= 11 is 0. The average Bonchev–Trinajstić information content (AvgIpc) is 3.40. The number of aryl methyl sites for hydroxylation is 1. The fourth-order valence-corrected chi connectivity index (χ4v) is 5.94. The number of carbonyl (C=O) groups is 1. The molecule has 2 aliphatic heterocycles. The Balaban J connectivity index is 1.52. The van der Waals surface area contributed by atoms with Crippen molar-refractivity contribution in [3.05, 3.63) is 46.7 Å². The molecule has 2 heterocycles. The van der Waals surface area contributed by atoms with E-state index in [1.807, 2.05) is 19.2 Å². The molecule has 2 aliphatic carbocycles.